The van der Waals surface area contributed by atoms with Gasteiger partial charge in [0.1, 0.15) is 6.04 Å². The number of piperidine rings is 1. The van der Waals surface area contributed by atoms with Crippen LogP contribution in [0, 0.1) is 5.41 Å². The average molecular weight is 352 g/mol. The zero-order chi connectivity index (χ0) is 16.3. The Bertz CT molecular complexity index is 563. The maximum absolute atomic E-state index is 12.6. The first-order valence-electron chi connectivity index (χ1n) is 8.45. The van der Waals surface area contributed by atoms with Crippen molar-refractivity contribution >= 4 is 24.2 Å². The van der Waals surface area contributed by atoms with Gasteiger partial charge in [0.2, 0.25) is 5.91 Å². The van der Waals surface area contributed by atoms with E-state index in [1.165, 1.54) is 6.42 Å². The Morgan fingerprint density at radius 1 is 1.17 bits per heavy atom. The highest BCUT2D eigenvalue weighted by Gasteiger charge is 2.38. The second-order valence-corrected chi connectivity index (χ2v) is 6.81. The highest BCUT2D eigenvalue weighted by Crippen LogP contribution is 2.36. The molecular formula is C18H26ClN3O2. The number of amides is 2. The molecule has 0 aliphatic carbocycles. The van der Waals surface area contributed by atoms with Crippen LogP contribution in [0.2, 0.25) is 0 Å². The number of likely N-dealkylation sites (tertiary alicyclic amines) is 1. The first-order chi connectivity index (χ1) is 11.1. The fraction of sp³-hybridized carbons (Fsp3) is 0.556. The summed E-state index contributed by atoms with van der Waals surface area (Å²) < 4.78 is 0. The maximum atomic E-state index is 12.6. The molecule has 2 amide bonds. The van der Waals surface area contributed by atoms with Crippen molar-refractivity contribution in [1.82, 2.24) is 15.5 Å². The molecule has 2 fully saturated rings. The van der Waals surface area contributed by atoms with E-state index in [4.69, 9.17) is 0 Å². The minimum atomic E-state index is -0.488. The van der Waals surface area contributed by atoms with Crippen molar-refractivity contribution in [3.63, 3.8) is 0 Å². The summed E-state index contributed by atoms with van der Waals surface area (Å²) in [6, 6.07) is 8.53. The quantitative estimate of drug-likeness (QED) is 0.873. The first-order valence-corrected chi connectivity index (χ1v) is 8.45. The van der Waals surface area contributed by atoms with E-state index in [1.54, 1.807) is 19.1 Å². The predicted octanol–water partition coefficient (Wildman–Crippen LogP) is 1.83. The molecule has 1 aromatic carbocycles. The number of hydrogen-bond acceptors (Lipinski definition) is 3. The Labute approximate surface area is 149 Å². The van der Waals surface area contributed by atoms with Gasteiger partial charge in [-0.2, -0.15) is 0 Å². The molecule has 2 aliphatic heterocycles. The molecule has 2 aliphatic rings. The van der Waals surface area contributed by atoms with E-state index in [0.717, 1.165) is 39.0 Å². The molecule has 0 radical (unpaired) electrons. The SMILES string of the molecule is CC(NC(=O)c1ccccc1)C(=O)N1CCC2(CCNC2)CC1.Cl. The van der Waals surface area contributed by atoms with Gasteiger partial charge in [-0.1, -0.05) is 18.2 Å². The Morgan fingerprint density at radius 2 is 1.83 bits per heavy atom. The third-order valence-corrected chi connectivity index (χ3v) is 5.22. The topological polar surface area (TPSA) is 61.4 Å². The van der Waals surface area contributed by atoms with E-state index >= 15 is 0 Å². The van der Waals surface area contributed by atoms with E-state index in [-0.39, 0.29) is 24.2 Å². The van der Waals surface area contributed by atoms with Crippen LogP contribution in [-0.4, -0.2) is 48.9 Å². The number of benzene rings is 1. The second-order valence-electron chi connectivity index (χ2n) is 6.81. The van der Waals surface area contributed by atoms with E-state index in [9.17, 15) is 9.59 Å². The molecule has 0 saturated carbocycles. The van der Waals surface area contributed by atoms with Crippen molar-refractivity contribution in [2.75, 3.05) is 26.2 Å². The van der Waals surface area contributed by atoms with Crippen LogP contribution < -0.4 is 10.6 Å². The molecule has 1 spiro atoms. The van der Waals surface area contributed by atoms with Crippen molar-refractivity contribution in [2.45, 2.75) is 32.2 Å². The van der Waals surface area contributed by atoms with Crippen molar-refractivity contribution in [1.29, 1.82) is 0 Å². The molecular weight excluding hydrogens is 326 g/mol. The lowest BCUT2D eigenvalue weighted by molar-refractivity contribution is -0.135. The monoisotopic (exact) mass is 351 g/mol. The highest BCUT2D eigenvalue weighted by atomic mass is 35.5. The Morgan fingerprint density at radius 3 is 2.42 bits per heavy atom. The molecule has 0 bridgehead atoms. The number of hydrogen-bond donors (Lipinski definition) is 2. The van der Waals surface area contributed by atoms with Crippen LogP contribution in [-0.2, 0) is 4.79 Å². The van der Waals surface area contributed by atoms with Gasteiger partial charge in [-0.3, -0.25) is 9.59 Å². The molecule has 132 valence electrons. The van der Waals surface area contributed by atoms with E-state index in [1.807, 2.05) is 23.1 Å². The smallest absolute Gasteiger partial charge is 0.251 e. The van der Waals surface area contributed by atoms with E-state index < -0.39 is 6.04 Å². The summed E-state index contributed by atoms with van der Waals surface area (Å²) in [4.78, 5) is 26.6. The van der Waals surface area contributed by atoms with Crippen molar-refractivity contribution in [3.05, 3.63) is 35.9 Å². The van der Waals surface area contributed by atoms with Crippen LogP contribution in [0.4, 0.5) is 0 Å². The van der Waals surface area contributed by atoms with Gasteiger partial charge in [0.15, 0.2) is 0 Å². The minimum Gasteiger partial charge on any atom is -0.341 e. The fourth-order valence-electron chi connectivity index (χ4n) is 3.63. The Hall–Kier alpha value is -1.59. The number of carbonyl (C=O) groups excluding carboxylic acids is 2. The fourth-order valence-corrected chi connectivity index (χ4v) is 3.63. The van der Waals surface area contributed by atoms with Crippen LogP contribution in [0.5, 0.6) is 0 Å². The zero-order valence-corrected chi connectivity index (χ0v) is 14.9. The van der Waals surface area contributed by atoms with Gasteiger partial charge >= 0.3 is 0 Å². The van der Waals surface area contributed by atoms with Crippen molar-refractivity contribution in [3.8, 4) is 0 Å². The average Bonchev–Trinajstić information content (AvgIpc) is 3.03. The summed E-state index contributed by atoms with van der Waals surface area (Å²) in [5.41, 5.74) is 0.981. The molecule has 1 unspecified atom stereocenters. The van der Waals surface area contributed by atoms with Gasteiger partial charge in [-0.25, -0.2) is 0 Å². The van der Waals surface area contributed by atoms with Crippen LogP contribution in [0.3, 0.4) is 0 Å². The van der Waals surface area contributed by atoms with E-state index in [0.29, 0.717) is 11.0 Å². The molecule has 0 aromatic heterocycles. The first kappa shape index (κ1) is 18.7. The third-order valence-electron chi connectivity index (χ3n) is 5.22. The third kappa shape index (κ3) is 4.08. The number of nitrogens with zero attached hydrogens (tertiary/aromatic N) is 1. The van der Waals surface area contributed by atoms with E-state index in [2.05, 4.69) is 10.6 Å². The van der Waals surface area contributed by atoms with Crippen LogP contribution in [0.1, 0.15) is 36.5 Å². The molecule has 2 heterocycles. The van der Waals surface area contributed by atoms with Gasteiger partial charge in [0.25, 0.3) is 5.91 Å². The summed E-state index contributed by atoms with van der Waals surface area (Å²) in [6.45, 7) is 5.54. The molecule has 1 atom stereocenters. The molecule has 5 nitrogen and oxygen atoms in total. The summed E-state index contributed by atoms with van der Waals surface area (Å²) >= 11 is 0. The number of halogens is 1. The molecule has 3 rings (SSSR count). The second kappa shape index (κ2) is 7.99. The van der Waals surface area contributed by atoms with Crippen LogP contribution >= 0.6 is 12.4 Å². The lowest BCUT2D eigenvalue weighted by Crippen LogP contribution is -2.51. The number of carbonyl (C=O) groups is 2. The maximum Gasteiger partial charge on any atom is 0.251 e. The normalized spacial score (nSPS) is 20.3. The van der Waals surface area contributed by atoms with Crippen molar-refractivity contribution in [2.24, 2.45) is 5.41 Å². The zero-order valence-electron chi connectivity index (χ0n) is 14.1. The summed E-state index contributed by atoms with van der Waals surface area (Å²) in [7, 11) is 0. The summed E-state index contributed by atoms with van der Waals surface area (Å²) in [6.07, 6.45) is 3.34. The predicted molar refractivity (Wildman–Crippen MR) is 96.4 cm³/mol. The summed E-state index contributed by atoms with van der Waals surface area (Å²) in [5.74, 6) is -0.171. The molecule has 24 heavy (non-hydrogen) atoms. The Kier molecular flexibility index (Phi) is 6.24. The van der Waals surface area contributed by atoms with Crippen molar-refractivity contribution < 1.29 is 9.59 Å². The lowest BCUT2D eigenvalue weighted by Gasteiger charge is -2.39. The standard InChI is InChI=1S/C18H25N3O2.ClH/c1-14(20-16(22)15-5-3-2-4-6-15)17(23)21-11-8-18(9-12-21)7-10-19-13-18;/h2-6,14,19H,7-13H2,1H3,(H,20,22);1H. The lowest BCUT2D eigenvalue weighted by atomic mass is 9.78. The van der Waals surface area contributed by atoms with Gasteiger partial charge in [0.05, 0.1) is 0 Å². The van der Waals surface area contributed by atoms with Gasteiger partial charge < -0.3 is 15.5 Å². The summed E-state index contributed by atoms with van der Waals surface area (Å²) in [5, 5.41) is 6.25. The number of rotatable bonds is 3. The minimum absolute atomic E-state index is 0. The van der Waals surface area contributed by atoms with Crippen LogP contribution in [0.15, 0.2) is 30.3 Å². The van der Waals surface area contributed by atoms with Crippen LogP contribution in [0.25, 0.3) is 0 Å². The molecule has 2 N–H and O–H groups in total. The number of nitrogens with one attached hydrogen (secondary N) is 2. The highest BCUT2D eigenvalue weighted by molar-refractivity contribution is 5.97. The van der Waals surface area contributed by atoms with Gasteiger partial charge in [-0.15, -0.1) is 12.4 Å². The molecule has 1 aromatic rings. The largest absolute Gasteiger partial charge is 0.341 e. The van der Waals surface area contributed by atoms with Gasteiger partial charge in [0, 0.05) is 25.2 Å². The molecule has 2 saturated heterocycles. The van der Waals surface area contributed by atoms with Gasteiger partial charge in [-0.05, 0) is 50.3 Å². The molecule has 6 heteroatoms. The Balaban J connectivity index is 0.00000208.